The molecule has 7 nitrogen and oxygen atoms in total. The Kier molecular flexibility index (Phi) is 5.82. The summed E-state index contributed by atoms with van der Waals surface area (Å²) in [4.78, 5) is 15.8. The zero-order valence-corrected chi connectivity index (χ0v) is 15.3. The molecule has 150 valence electrons. The second-order valence-electron chi connectivity index (χ2n) is 5.94. The van der Waals surface area contributed by atoms with E-state index in [0.717, 1.165) is 6.07 Å². The lowest BCUT2D eigenvalue weighted by Crippen LogP contribution is -2.25. The molecular weight excluding hydrogens is 404 g/mol. The zero-order chi connectivity index (χ0) is 20.4. The third-order valence-electron chi connectivity index (χ3n) is 3.89. The molecule has 0 saturated carbocycles. The second-order valence-corrected chi connectivity index (χ2v) is 6.35. The lowest BCUT2D eigenvalue weighted by atomic mass is 10.3. The molecule has 0 radical (unpaired) electrons. The number of nitrogens with one attached hydrogen (secondary N) is 1. The van der Waals surface area contributed by atoms with Crippen molar-refractivity contribution in [3.8, 4) is 0 Å². The topological polar surface area (TPSA) is 77.1 Å². The molecule has 28 heavy (non-hydrogen) atoms. The quantitative estimate of drug-likeness (QED) is 0.470. The molecule has 3 aromatic rings. The summed E-state index contributed by atoms with van der Waals surface area (Å²) in [6, 6.07) is 1.66. The van der Waals surface area contributed by atoms with Crippen LogP contribution in [0.1, 0.15) is 46.8 Å². The van der Waals surface area contributed by atoms with Crippen molar-refractivity contribution in [1.29, 1.82) is 0 Å². The molecule has 12 heteroatoms. The maximum Gasteiger partial charge on any atom is 0.280 e. The number of rotatable bonds is 7. The van der Waals surface area contributed by atoms with E-state index >= 15 is 0 Å². The van der Waals surface area contributed by atoms with Crippen molar-refractivity contribution in [3.05, 3.63) is 46.1 Å². The van der Waals surface area contributed by atoms with Crippen LogP contribution in [0.15, 0.2) is 18.3 Å². The van der Waals surface area contributed by atoms with Gasteiger partial charge in [-0.1, -0.05) is 11.6 Å². The van der Waals surface area contributed by atoms with Gasteiger partial charge < -0.3 is 5.32 Å². The van der Waals surface area contributed by atoms with Crippen LogP contribution in [0.5, 0.6) is 0 Å². The molecule has 0 atom stereocenters. The van der Waals surface area contributed by atoms with Crippen molar-refractivity contribution in [1.82, 2.24) is 29.7 Å². The fourth-order valence-electron chi connectivity index (χ4n) is 2.54. The molecule has 0 aliphatic carbocycles. The van der Waals surface area contributed by atoms with Gasteiger partial charge in [-0.25, -0.2) is 27.1 Å². The Morgan fingerprint density at radius 2 is 1.96 bits per heavy atom. The number of hydrogen-bond acceptors (Lipinski definition) is 4. The lowest BCUT2D eigenvalue weighted by Gasteiger charge is -2.06. The van der Waals surface area contributed by atoms with Crippen LogP contribution < -0.4 is 5.32 Å². The first-order valence-corrected chi connectivity index (χ1v) is 8.58. The summed E-state index contributed by atoms with van der Waals surface area (Å²) in [5.74, 6) is -0.626. The largest absolute Gasteiger partial charge is 0.351 e. The molecule has 3 heterocycles. The molecular formula is C16H15ClF4N6O. The summed E-state index contributed by atoms with van der Waals surface area (Å²) in [6.07, 6.45) is -3.87. The Bertz CT molecular complexity index is 983. The van der Waals surface area contributed by atoms with Crippen LogP contribution >= 0.6 is 11.6 Å². The molecule has 3 aromatic heterocycles. The van der Waals surface area contributed by atoms with Gasteiger partial charge in [-0.3, -0.25) is 9.48 Å². The van der Waals surface area contributed by atoms with Crippen molar-refractivity contribution in [2.75, 3.05) is 6.54 Å². The van der Waals surface area contributed by atoms with Crippen LogP contribution in [0.2, 0.25) is 5.02 Å². The van der Waals surface area contributed by atoms with Gasteiger partial charge in [0.15, 0.2) is 11.3 Å². The summed E-state index contributed by atoms with van der Waals surface area (Å²) in [6.45, 7) is 2.54. The van der Waals surface area contributed by atoms with Crippen LogP contribution in [-0.4, -0.2) is 36.8 Å². The number of amides is 1. The molecule has 1 N–H and O–H groups in total. The average Bonchev–Trinajstić information content (AvgIpc) is 3.20. The van der Waals surface area contributed by atoms with E-state index in [4.69, 9.17) is 11.6 Å². The van der Waals surface area contributed by atoms with Crippen molar-refractivity contribution < 1.29 is 22.4 Å². The van der Waals surface area contributed by atoms with Gasteiger partial charge in [0, 0.05) is 25.4 Å². The van der Waals surface area contributed by atoms with E-state index in [1.54, 1.807) is 17.8 Å². The Labute approximate surface area is 161 Å². The predicted octanol–water partition coefficient (Wildman–Crippen LogP) is 3.58. The molecule has 0 saturated heterocycles. The fraction of sp³-hybridized carbons (Fsp3) is 0.375. The summed E-state index contributed by atoms with van der Waals surface area (Å²) in [5, 5.41) is 11.1. The van der Waals surface area contributed by atoms with Crippen molar-refractivity contribution >= 4 is 23.2 Å². The number of carbonyl (C=O) groups is 1. The van der Waals surface area contributed by atoms with E-state index in [9.17, 15) is 22.4 Å². The van der Waals surface area contributed by atoms with Gasteiger partial charge in [0.25, 0.3) is 18.8 Å². The summed E-state index contributed by atoms with van der Waals surface area (Å²) in [5.41, 5.74) is -1.31. The van der Waals surface area contributed by atoms with E-state index in [1.165, 1.54) is 0 Å². The number of aryl methyl sites for hydroxylation is 2. The smallest absolute Gasteiger partial charge is 0.280 e. The average molecular weight is 419 g/mol. The molecule has 0 spiro atoms. The SMILES string of the molecule is Cc1nn(CCCNC(=O)c2cc3nc(C(F)F)cc(C(F)F)n3n2)cc1Cl. The predicted molar refractivity (Wildman–Crippen MR) is 91.8 cm³/mol. The van der Waals surface area contributed by atoms with Gasteiger partial charge in [-0.15, -0.1) is 0 Å². The standard InChI is InChI=1S/C16H15ClF4N6O/c1-8-9(17)7-26(24-8)4-2-3-22-16(28)11-6-13-23-10(14(18)19)5-12(15(20)21)27(13)25-11/h5-7,14-15H,2-4H2,1H3,(H,22,28). The highest BCUT2D eigenvalue weighted by molar-refractivity contribution is 6.31. The number of nitrogens with zero attached hydrogens (tertiary/aromatic N) is 5. The molecule has 0 aliphatic heterocycles. The third-order valence-corrected chi connectivity index (χ3v) is 4.26. The molecule has 0 aliphatic rings. The van der Waals surface area contributed by atoms with Gasteiger partial charge in [0.05, 0.1) is 10.7 Å². The Morgan fingerprint density at radius 1 is 1.21 bits per heavy atom. The second kappa shape index (κ2) is 8.13. The Morgan fingerprint density at radius 3 is 2.57 bits per heavy atom. The van der Waals surface area contributed by atoms with Crippen molar-refractivity contribution in [3.63, 3.8) is 0 Å². The Balaban J connectivity index is 1.68. The third kappa shape index (κ3) is 4.24. The van der Waals surface area contributed by atoms with E-state index in [2.05, 4.69) is 20.5 Å². The number of halogens is 5. The minimum absolute atomic E-state index is 0.196. The zero-order valence-electron chi connectivity index (χ0n) is 14.5. The molecule has 0 bridgehead atoms. The van der Waals surface area contributed by atoms with E-state index in [-0.39, 0.29) is 17.9 Å². The van der Waals surface area contributed by atoms with Gasteiger partial charge in [-0.05, 0) is 19.4 Å². The van der Waals surface area contributed by atoms with Crippen LogP contribution in [0.25, 0.3) is 5.65 Å². The first kappa shape index (κ1) is 20.1. The number of fused-ring (bicyclic) bond motifs is 1. The van der Waals surface area contributed by atoms with Gasteiger partial charge in [-0.2, -0.15) is 10.2 Å². The Hall–Kier alpha value is -2.69. The molecule has 3 rings (SSSR count). The summed E-state index contributed by atoms with van der Waals surface area (Å²) in [7, 11) is 0. The molecule has 1 amide bonds. The number of alkyl halides is 4. The van der Waals surface area contributed by atoms with E-state index < -0.39 is 30.1 Å². The number of hydrogen-bond donors (Lipinski definition) is 1. The molecule has 0 aromatic carbocycles. The minimum Gasteiger partial charge on any atom is -0.351 e. The van der Waals surface area contributed by atoms with Crippen LogP contribution in [0, 0.1) is 6.92 Å². The van der Waals surface area contributed by atoms with Crippen LogP contribution in [0.4, 0.5) is 17.6 Å². The molecule has 0 unspecified atom stereocenters. The summed E-state index contributed by atoms with van der Waals surface area (Å²) < 4.78 is 54.3. The maximum absolute atomic E-state index is 13.1. The summed E-state index contributed by atoms with van der Waals surface area (Å²) >= 11 is 5.91. The van der Waals surface area contributed by atoms with Gasteiger partial charge in [0.2, 0.25) is 0 Å². The van der Waals surface area contributed by atoms with Gasteiger partial charge in [0.1, 0.15) is 11.4 Å². The van der Waals surface area contributed by atoms with E-state index in [0.29, 0.717) is 34.3 Å². The van der Waals surface area contributed by atoms with E-state index in [1.807, 2.05) is 0 Å². The van der Waals surface area contributed by atoms with Crippen molar-refractivity contribution in [2.45, 2.75) is 32.7 Å². The van der Waals surface area contributed by atoms with Gasteiger partial charge >= 0.3 is 0 Å². The first-order chi connectivity index (χ1) is 13.3. The van der Waals surface area contributed by atoms with Crippen LogP contribution in [-0.2, 0) is 6.54 Å². The fourth-order valence-corrected chi connectivity index (χ4v) is 2.69. The highest BCUT2D eigenvalue weighted by Gasteiger charge is 2.21. The van der Waals surface area contributed by atoms with Crippen molar-refractivity contribution in [2.24, 2.45) is 0 Å². The highest BCUT2D eigenvalue weighted by Crippen LogP contribution is 2.25. The number of carbonyl (C=O) groups excluding carboxylic acids is 1. The van der Waals surface area contributed by atoms with Crippen LogP contribution in [0.3, 0.4) is 0 Å². The lowest BCUT2D eigenvalue weighted by molar-refractivity contribution is 0.0946. The highest BCUT2D eigenvalue weighted by atomic mass is 35.5. The maximum atomic E-state index is 13.1. The first-order valence-electron chi connectivity index (χ1n) is 8.21. The normalized spacial score (nSPS) is 11.7. The molecule has 0 fully saturated rings. The minimum atomic E-state index is -3.05. The monoisotopic (exact) mass is 418 g/mol. The number of aromatic nitrogens is 5.